The smallest absolute Gasteiger partial charge is 0.156 e. The second-order valence-corrected chi connectivity index (χ2v) is 6.05. The molecule has 102 valence electrons. The van der Waals surface area contributed by atoms with Gasteiger partial charge in [0.15, 0.2) is 5.82 Å². The lowest BCUT2D eigenvalue weighted by Crippen LogP contribution is -2.36. The van der Waals surface area contributed by atoms with Gasteiger partial charge in [0.2, 0.25) is 0 Å². The molecule has 3 heterocycles. The molecular formula is C14H19ClN4. The van der Waals surface area contributed by atoms with E-state index in [0.717, 1.165) is 42.8 Å². The predicted octanol–water partition coefficient (Wildman–Crippen LogP) is 2.81. The van der Waals surface area contributed by atoms with Gasteiger partial charge in [-0.3, -0.25) is 0 Å². The number of rotatable bonds is 2. The van der Waals surface area contributed by atoms with E-state index in [1.807, 2.05) is 30.2 Å². The Labute approximate surface area is 118 Å². The molecule has 19 heavy (non-hydrogen) atoms. The number of aromatic nitrogens is 3. The molecule has 3 rings (SSSR count). The molecule has 0 aliphatic carbocycles. The van der Waals surface area contributed by atoms with E-state index in [-0.39, 0.29) is 5.38 Å². The summed E-state index contributed by atoms with van der Waals surface area (Å²) in [6, 6.07) is 2.01. The van der Waals surface area contributed by atoms with Gasteiger partial charge in [-0.2, -0.15) is 0 Å². The first-order chi connectivity index (χ1) is 9.16. The molecule has 2 aromatic heterocycles. The molecule has 1 saturated heterocycles. The van der Waals surface area contributed by atoms with E-state index in [1.165, 1.54) is 0 Å². The molecule has 1 atom stereocenters. The molecule has 0 amide bonds. The van der Waals surface area contributed by atoms with Crippen molar-refractivity contribution < 1.29 is 0 Å². The maximum Gasteiger partial charge on any atom is 0.156 e. The number of imidazole rings is 1. The molecule has 0 radical (unpaired) electrons. The fourth-order valence-electron chi connectivity index (χ4n) is 2.85. The van der Waals surface area contributed by atoms with Crippen molar-refractivity contribution in [3.8, 4) is 0 Å². The Balaban J connectivity index is 1.86. The van der Waals surface area contributed by atoms with Gasteiger partial charge in [-0.05, 0) is 31.7 Å². The van der Waals surface area contributed by atoms with Crippen molar-refractivity contribution in [3.05, 3.63) is 18.6 Å². The Morgan fingerprint density at radius 3 is 2.74 bits per heavy atom. The second kappa shape index (κ2) is 5.00. The minimum atomic E-state index is 0.265. The largest absolute Gasteiger partial charge is 0.355 e. The van der Waals surface area contributed by atoms with Crippen LogP contribution in [0.2, 0.25) is 0 Å². The topological polar surface area (TPSA) is 34.0 Å². The summed E-state index contributed by atoms with van der Waals surface area (Å²) in [6.45, 7) is 4.13. The van der Waals surface area contributed by atoms with Crippen molar-refractivity contribution in [2.75, 3.05) is 18.0 Å². The minimum Gasteiger partial charge on any atom is -0.355 e. The van der Waals surface area contributed by atoms with Gasteiger partial charge in [0, 0.05) is 31.7 Å². The standard InChI is InChI=1S/C14H19ClN4/c1-10(15)11-4-7-19(8-5-11)14-13-12(3-6-16-14)18(2)9-17-13/h3,6,9-11H,4-5,7-8H2,1-2H3. The maximum absolute atomic E-state index is 6.20. The van der Waals surface area contributed by atoms with Crippen molar-refractivity contribution in [2.24, 2.45) is 13.0 Å². The highest BCUT2D eigenvalue weighted by molar-refractivity contribution is 6.20. The van der Waals surface area contributed by atoms with Crippen molar-refractivity contribution in [1.82, 2.24) is 14.5 Å². The zero-order chi connectivity index (χ0) is 13.4. The molecule has 1 aliphatic heterocycles. The van der Waals surface area contributed by atoms with E-state index in [9.17, 15) is 0 Å². The highest BCUT2D eigenvalue weighted by atomic mass is 35.5. The Hall–Kier alpha value is -1.29. The van der Waals surface area contributed by atoms with Crippen LogP contribution < -0.4 is 4.90 Å². The number of aryl methyl sites for hydroxylation is 1. The number of fused-ring (bicyclic) bond motifs is 1. The quantitative estimate of drug-likeness (QED) is 0.792. The third kappa shape index (κ3) is 2.29. The van der Waals surface area contributed by atoms with E-state index >= 15 is 0 Å². The fraction of sp³-hybridized carbons (Fsp3) is 0.571. The van der Waals surface area contributed by atoms with E-state index in [2.05, 4.69) is 21.8 Å². The summed E-state index contributed by atoms with van der Waals surface area (Å²) in [5, 5.41) is 0.265. The molecule has 2 aromatic rings. The van der Waals surface area contributed by atoms with Gasteiger partial charge >= 0.3 is 0 Å². The zero-order valence-corrected chi connectivity index (χ0v) is 12.1. The van der Waals surface area contributed by atoms with Crippen LogP contribution in [-0.4, -0.2) is 33.0 Å². The van der Waals surface area contributed by atoms with Crippen LogP contribution in [0.5, 0.6) is 0 Å². The van der Waals surface area contributed by atoms with Crippen molar-refractivity contribution >= 4 is 28.5 Å². The number of nitrogens with zero attached hydrogens (tertiary/aromatic N) is 4. The number of anilines is 1. The van der Waals surface area contributed by atoms with Crippen LogP contribution in [0.3, 0.4) is 0 Å². The number of halogens is 1. The Kier molecular flexibility index (Phi) is 3.35. The average Bonchev–Trinajstić information content (AvgIpc) is 2.81. The van der Waals surface area contributed by atoms with Crippen LogP contribution in [0.15, 0.2) is 18.6 Å². The van der Waals surface area contributed by atoms with Gasteiger partial charge in [0.1, 0.15) is 5.52 Å². The third-order valence-corrected chi connectivity index (χ3v) is 4.47. The summed E-state index contributed by atoms with van der Waals surface area (Å²) in [6.07, 6.45) is 5.99. The average molecular weight is 279 g/mol. The van der Waals surface area contributed by atoms with Gasteiger partial charge in [-0.25, -0.2) is 9.97 Å². The van der Waals surface area contributed by atoms with Gasteiger partial charge < -0.3 is 9.47 Å². The molecule has 0 saturated carbocycles. The first-order valence-corrected chi connectivity index (χ1v) is 7.25. The summed E-state index contributed by atoms with van der Waals surface area (Å²) >= 11 is 6.20. The summed E-state index contributed by atoms with van der Waals surface area (Å²) in [5.74, 6) is 1.64. The van der Waals surface area contributed by atoms with Gasteiger partial charge in [0.25, 0.3) is 0 Å². The highest BCUT2D eigenvalue weighted by Crippen LogP contribution is 2.29. The number of hydrogen-bond donors (Lipinski definition) is 0. The summed E-state index contributed by atoms with van der Waals surface area (Å²) in [5.41, 5.74) is 2.14. The van der Waals surface area contributed by atoms with Crippen LogP contribution in [-0.2, 0) is 7.05 Å². The fourth-order valence-corrected chi connectivity index (χ4v) is 3.10. The predicted molar refractivity (Wildman–Crippen MR) is 78.8 cm³/mol. The van der Waals surface area contributed by atoms with Crippen LogP contribution in [0.4, 0.5) is 5.82 Å². The van der Waals surface area contributed by atoms with Gasteiger partial charge in [0.05, 0.1) is 11.8 Å². The number of hydrogen-bond acceptors (Lipinski definition) is 3. The Bertz CT molecular complexity index is 570. The van der Waals surface area contributed by atoms with Crippen molar-refractivity contribution in [2.45, 2.75) is 25.1 Å². The van der Waals surface area contributed by atoms with E-state index in [1.54, 1.807) is 0 Å². The van der Waals surface area contributed by atoms with Crippen LogP contribution in [0, 0.1) is 5.92 Å². The molecule has 1 unspecified atom stereocenters. The van der Waals surface area contributed by atoms with E-state index in [4.69, 9.17) is 11.6 Å². The normalized spacial score (nSPS) is 19.0. The SMILES string of the molecule is CC(Cl)C1CCN(c2nccc3c2ncn3C)CC1. The zero-order valence-electron chi connectivity index (χ0n) is 11.4. The summed E-state index contributed by atoms with van der Waals surface area (Å²) in [4.78, 5) is 11.3. The minimum absolute atomic E-state index is 0.265. The lowest BCUT2D eigenvalue weighted by Gasteiger charge is -2.33. The maximum atomic E-state index is 6.20. The molecule has 4 nitrogen and oxygen atoms in total. The molecule has 1 fully saturated rings. The molecular weight excluding hydrogens is 260 g/mol. The number of pyridine rings is 1. The third-order valence-electron chi connectivity index (χ3n) is 4.11. The first kappa shape index (κ1) is 12.7. The molecule has 5 heteroatoms. The van der Waals surface area contributed by atoms with Gasteiger partial charge in [-0.1, -0.05) is 0 Å². The van der Waals surface area contributed by atoms with Crippen LogP contribution >= 0.6 is 11.6 Å². The van der Waals surface area contributed by atoms with Crippen molar-refractivity contribution in [1.29, 1.82) is 0 Å². The Morgan fingerprint density at radius 1 is 1.32 bits per heavy atom. The van der Waals surface area contributed by atoms with Crippen LogP contribution in [0.25, 0.3) is 11.0 Å². The monoisotopic (exact) mass is 278 g/mol. The highest BCUT2D eigenvalue weighted by Gasteiger charge is 2.24. The first-order valence-electron chi connectivity index (χ1n) is 6.82. The summed E-state index contributed by atoms with van der Waals surface area (Å²) in [7, 11) is 2.01. The lowest BCUT2D eigenvalue weighted by atomic mass is 9.94. The summed E-state index contributed by atoms with van der Waals surface area (Å²) < 4.78 is 2.04. The Morgan fingerprint density at radius 2 is 2.05 bits per heavy atom. The van der Waals surface area contributed by atoms with E-state index < -0.39 is 0 Å². The van der Waals surface area contributed by atoms with Crippen LogP contribution in [0.1, 0.15) is 19.8 Å². The van der Waals surface area contributed by atoms with Crippen molar-refractivity contribution in [3.63, 3.8) is 0 Å². The molecule has 0 bridgehead atoms. The molecule has 0 spiro atoms. The van der Waals surface area contributed by atoms with Gasteiger partial charge in [-0.15, -0.1) is 11.6 Å². The molecule has 0 aromatic carbocycles. The molecule has 1 aliphatic rings. The number of alkyl halides is 1. The molecule has 0 N–H and O–H groups in total. The number of piperidine rings is 1. The van der Waals surface area contributed by atoms with E-state index in [0.29, 0.717) is 5.92 Å². The second-order valence-electron chi connectivity index (χ2n) is 5.36. The lowest BCUT2D eigenvalue weighted by molar-refractivity contribution is 0.399.